The predicted octanol–water partition coefficient (Wildman–Crippen LogP) is 3.84. The zero-order valence-corrected chi connectivity index (χ0v) is 17.1. The van der Waals surface area contributed by atoms with E-state index in [1.54, 1.807) is 4.90 Å². The minimum atomic E-state index is -3.50. The van der Waals surface area contributed by atoms with Crippen molar-refractivity contribution in [1.29, 1.82) is 0 Å². The smallest absolute Gasteiger partial charge is 0.222 e. The van der Waals surface area contributed by atoms with Gasteiger partial charge in [-0.25, -0.2) is 12.8 Å². The number of piperidine rings is 1. The van der Waals surface area contributed by atoms with Gasteiger partial charge in [-0.15, -0.1) is 0 Å². The van der Waals surface area contributed by atoms with E-state index in [0.29, 0.717) is 38.8 Å². The van der Waals surface area contributed by atoms with E-state index in [9.17, 15) is 17.6 Å². The van der Waals surface area contributed by atoms with Crippen LogP contribution in [0.1, 0.15) is 36.0 Å². The van der Waals surface area contributed by atoms with Gasteiger partial charge >= 0.3 is 0 Å². The molecule has 1 aliphatic heterocycles. The number of aryl methyl sites for hydroxylation is 3. The van der Waals surface area contributed by atoms with Crippen molar-refractivity contribution in [2.75, 3.05) is 13.1 Å². The number of amides is 1. The summed E-state index contributed by atoms with van der Waals surface area (Å²) in [6.45, 7) is 5.01. The number of likely N-dealkylation sites (tertiary alicyclic amines) is 1. The number of nitrogens with zero attached hydrogens (tertiary/aromatic N) is 1. The molecule has 1 fully saturated rings. The van der Waals surface area contributed by atoms with Crippen molar-refractivity contribution in [2.24, 2.45) is 0 Å². The van der Waals surface area contributed by atoms with Crippen LogP contribution in [0.3, 0.4) is 0 Å². The molecule has 0 atom stereocenters. The van der Waals surface area contributed by atoms with Gasteiger partial charge < -0.3 is 4.90 Å². The van der Waals surface area contributed by atoms with Crippen LogP contribution < -0.4 is 0 Å². The minimum Gasteiger partial charge on any atom is -0.343 e. The van der Waals surface area contributed by atoms with E-state index in [2.05, 4.69) is 32.0 Å². The van der Waals surface area contributed by atoms with E-state index in [1.165, 1.54) is 35.4 Å². The first-order chi connectivity index (χ1) is 13.3. The van der Waals surface area contributed by atoms with E-state index in [1.807, 2.05) is 0 Å². The molecule has 0 saturated carbocycles. The van der Waals surface area contributed by atoms with Gasteiger partial charge in [-0.05, 0) is 74.1 Å². The highest BCUT2D eigenvalue weighted by Crippen LogP contribution is 2.25. The molecule has 2 aromatic carbocycles. The van der Waals surface area contributed by atoms with E-state index < -0.39 is 20.9 Å². The van der Waals surface area contributed by atoms with E-state index in [0.717, 1.165) is 5.56 Å². The van der Waals surface area contributed by atoms with Crippen LogP contribution in [0.15, 0.2) is 47.4 Å². The molecule has 150 valence electrons. The minimum absolute atomic E-state index is 0.0656. The van der Waals surface area contributed by atoms with Crippen LogP contribution in [0.25, 0.3) is 0 Å². The molecule has 28 heavy (non-hydrogen) atoms. The van der Waals surface area contributed by atoms with Crippen molar-refractivity contribution >= 4 is 15.7 Å². The molecule has 1 saturated heterocycles. The lowest BCUT2D eigenvalue weighted by molar-refractivity contribution is -0.132. The lowest BCUT2D eigenvalue weighted by atomic mass is 10.0. The Kier molecular flexibility index (Phi) is 6.18. The van der Waals surface area contributed by atoms with Crippen LogP contribution in [0, 0.1) is 19.7 Å². The second-order valence-electron chi connectivity index (χ2n) is 7.50. The molecular weight excluding hydrogens is 377 g/mol. The van der Waals surface area contributed by atoms with Gasteiger partial charge in [0.15, 0.2) is 9.84 Å². The van der Waals surface area contributed by atoms with Gasteiger partial charge in [-0.2, -0.15) is 0 Å². The van der Waals surface area contributed by atoms with Gasteiger partial charge in [-0.1, -0.05) is 18.2 Å². The van der Waals surface area contributed by atoms with Gasteiger partial charge in [0.2, 0.25) is 5.91 Å². The third kappa shape index (κ3) is 4.61. The summed E-state index contributed by atoms with van der Waals surface area (Å²) < 4.78 is 38.5. The number of benzene rings is 2. The van der Waals surface area contributed by atoms with Gasteiger partial charge in [-0.3, -0.25) is 4.79 Å². The first-order valence-corrected chi connectivity index (χ1v) is 11.2. The fourth-order valence-electron chi connectivity index (χ4n) is 3.60. The van der Waals surface area contributed by atoms with Gasteiger partial charge in [0.25, 0.3) is 0 Å². The van der Waals surface area contributed by atoms with E-state index in [-0.39, 0.29) is 10.8 Å². The summed E-state index contributed by atoms with van der Waals surface area (Å²) in [5, 5.41) is -0.526. The molecular formula is C22H26FNO3S. The highest BCUT2D eigenvalue weighted by molar-refractivity contribution is 7.92. The zero-order chi connectivity index (χ0) is 20.3. The number of rotatable bonds is 5. The van der Waals surface area contributed by atoms with Crippen LogP contribution >= 0.6 is 0 Å². The van der Waals surface area contributed by atoms with E-state index >= 15 is 0 Å². The average Bonchev–Trinajstić information content (AvgIpc) is 2.69. The summed E-state index contributed by atoms with van der Waals surface area (Å²) >= 11 is 0. The predicted molar refractivity (Wildman–Crippen MR) is 107 cm³/mol. The Bertz CT molecular complexity index is 946. The summed E-state index contributed by atoms with van der Waals surface area (Å²) in [6.07, 6.45) is 1.94. The van der Waals surface area contributed by atoms with Crippen molar-refractivity contribution < 1.29 is 17.6 Å². The quantitative estimate of drug-likeness (QED) is 0.713. The molecule has 1 aliphatic rings. The Balaban J connectivity index is 1.55. The molecule has 3 rings (SSSR count). The van der Waals surface area contributed by atoms with E-state index in [4.69, 9.17) is 0 Å². The number of halogens is 1. The van der Waals surface area contributed by atoms with Crippen molar-refractivity contribution in [3.05, 3.63) is 65.0 Å². The Hall–Kier alpha value is -2.21. The number of sulfone groups is 1. The number of hydrogen-bond donors (Lipinski definition) is 0. The first kappa shape index (κ1) is 20.5. The monoisotopic (exact) mass is 403 g/mol. The second kappa shape index (κ2) is 8.43. The lowest BCUT2D eigenvalue weighted by Gasteiger charge is -2.32. The molecule has 0 radical (unpaired) electrons. The van der Waals surface area contributed by atoms with Crippen LogP contribution in [0.4, 0.5) is 4.39 Å². The topological polar surface area (TPSA) is 54.5 Å². The highest BCUT2D eigenvalue weighted by Gasteiger charge is 2.32. The average molecular weight is 404 g/mol. The summed E-state index contributed by atoms with van der Waals surface area (Å²) in [6, 6.07) is 11.2. The molecule has 0 aromatic heterocycles. The van der Waals surface area contributed by atoms with Crippen molar-refractivity contribution in [3.8, 4) is 0 Å². The molecule has 0 spiro atoms. The standard InChI is InChI=1S/C22H26FNO3S/c1-16-3-4-18(15-17(16)2)5-10-22(25)24-13-11-21(12-14-24)28(26,27)20-8-6-19(23)7-9-20/h3-4,6-9,15,21H,5,10-14H2,1-2H3. The fraction of sp³-hybridized carbons (Fsp3) is 0.409. The van der Waals surface area contributed by atoms with Gasteiger partial charge in [0, 0.05) is 19.5 Å². The maximum Gasteiger partial charge on any atom is 0.222 e. The van der Waals surface area contributed by atoms with Crippen LogP contribution in [0.2, 0.25) is 0 Å². The zero-order valence-electron chi connectivity index (χ0n) is 16.3. The van der Waals surface area contributed by atoms with Crippen LogP contribution in [-0.4, -0.2) is 37.6 Å². The Labute approximate surface area is 166 Å². The van der Waals surface area contributed by atoms with Crippen molar-refractivity contribution in [2.45, 2.75) is 49.7 Å². The maximum atomic E-state index is 13.1. The van der Waals surface area contributed by atoms with Crippen molar-refractivity contribution in [3.63, 3.8) is 0 Å². The third-order valence-electron chi connectivity index (χ3n) is 5.57. The largest absolute Gasteiger partial charge is 0.343 e. The summed E-state index contributed by atoms with van der Waals surface area (Å²) in [5.41, 5.74) is 3.60. The second-order valence-corrected chi connectivity index (χ2v) is 9.73. The number of hydrogen-bond acceptors (Lipinski definition) is 3. The van der Waals surface area contributed by atoms with Crippen LogP contribution in [0.5, 0.6) is 0 Å². The Morgan fingerprint density at radius 2 is 1.68 bits per heavy atom. The van der Waals surface area contributed by atoms with Gasteiger partial charge in [0.1, 0.15) is 5.82 Å². The first-order valence-electron chi connectivity index (χ1n) is 9.61. The molecule has 2 aromatic rings. The molecule has 0 N–H and O–H groups in total. The summed E-state index contributed by atoms with van der Waals surface area (Å²) in [7, 11) is -3.50. The highest BCUT2D eigenvalue weighted by atomic mass is 32.2. The molecule has 0 unspecified atom stereocenters. The Morgan fingerprint density at radius 1 is 1.04 bits per heavy atom. The SMILES string of the molecule is Cc1ccc(CCC(=O)N2CCC(S(=O)(=O)c3ccc(F)cc3)CC2)cc1C. The third-order valence-corrected chi connectivity index (χ3v) is 7.85. The number of carbonyl (C=O) groups is 1. The van der Waals surface area contributed by atoms with Crippen LogP contribution in [-0.2, 0) is 21.1 Å². The molecule has 0 bridgehead atoms. The van der Waals surface area contributed by atoms with Crippen molar-refractivity contribution in [1.82, 2.24) is 4.90 Å². The number of carbonyl (C=O) groups excluding carboxylic acids is 1. The fourth-order valence-corrected chi connectivity index (χ4v) is 5.33. The Morgan fingerprint density at radius 3 is 2.29 bits per heavy atom. The molecule has 1 amide bonds. The normalized spacial score (nSPS) is 15.6. The maximum absolute atomic E-state index is 13.1. The molecule has 1 heterocycles. The van der Waals surface area contributed by atoms with Gasteiger partial charge in [0.05, 0.1) is 10.1 Å². The summed E-state index contributed by atoms with van der Waals surface area (Å²) in [5.74, 6) is -0.390. The molecule has 6 heteroatoms. The molecule has 0 aliphatic carbocycles. The summed E-state index contributed by atoms with van der Waals surface area (Å²) in [4.78, 5) is 14.4. The molecule has 4 nitrogen and oxygen atoms in total. The lowest BCUT2D eigenvalue weighted by Crippen LogP contribution is -2.42.